The highest BCUT2D eigenvalue weighted by Crippen LogP contribution is 2.29. The maximum atomic E-state index is 12.3. The van der Waals surface area contributed by atoms with Crippen LogP contribution in [0.2, 0.25) is 0 Å². The van der Waals surface area contributed by atoms with Gasteiger partial charge < -0.3 is 4.57 Å². The number of nitrogens with zero attached hydrogens (tertiary/aromatic N) is 3. The van der Waals surface area contributed by atoms with Crippen LogP contribution in [-0.2, 0) is 13.6 Å². The molecule has 0 bridgehead atoms. The number of halogens is 3. The Bertz CT molecular complexity index is 752. The lowest BCUT2D eigenvalue weighted by atomic mass is 10.1. The summed E-state index contributed by atoms with van der Waals surface area (Å²) >= 11 is 0. The summed E-state index contributed by atoms with van der Waals surface area (Å²) < 4.78 is 39.9. The van der Waals surface area contributed by atoms with E-state index in [-0.39, 0.29) is 0 Å². The van der Waals surface area contributed by atoms with Crippen LogP contribution >= 0.6 is 0 Å². The van der Waals surface area contributed by atoms with Gasteiger partial charge in [0.15, 0.2) is 0 Å². The zero-order valence-corrected chi connectivity index (χ0v) is 10.7. The Labute approximate surface area is 113 Å². The second-order valence-electron chi connectivity index (χ2n) is 4.68. The van der Waals surface area contributed by atoms with Crippen molar-refractivity contribution in [3.05, 3.63) is 42.7 Å². The summed E-state index contributed by atoms with van der Waals surface area (Å²) in [5.74, 6) is 0. The molecule has 3 aromatic rings. The molecule has 0 N–H and O–H groups in total. The van der Waals surface area contributed by atoms with Crippen LogP contribution in [0.3, 0.4) is 0 Å². The van der Waals surface area contributed by atoms with Crippen molar-refractivity contribution < 1.29 is 13.2 Å². The van der Waals surface area contributed by atoms with Crippen molar-refractivity contribution in [3.8, 4) is 11.3 Å². The summed E-state index contributed by atoms with van der Waals surface area (Å²) in [6.07, 6.45) is -1.03. The Morgan fingerprint density at radius 2 is 1.90 bits per heavy atom. The standard InChI is InChI=1S/C14H12F3N3/c1-19-8-11(10-4-2-3-5-13(10)19)12-6-7-20(18-12)9-14(15,16)17/h2-8H,9H2,1H3. The van der Waals surface area contributed by atoms with Crippen molar-refractivity contribution in [2.24, 2.45) is 7.05 Å². The van der Waals surface area contributed by atoms with Crippen molar-refractivity contribution >= 4 is 10.9 Å². The number of fused-ring (bicyclic) bond motifs is 1. The van der Waals surface area contributed by atoms with Crippen LogP contribution in [0.15, 0.2) is 42.7 Å². The van der Waals surface area contributed by atoms with Crippen LogP contribution in [0.5, 0.6) is 0 Å². The van der Waals surface area contributed by atoms with E-state index in [1.807, 2.05) is 42.1 Å². The van der Waals surface area contributed by atoms with Gasteiger partial charge in [0, 0.05) is 35.9 Å². The highest BCUT2D eigenvalue weighted by Gasteiger charge is 2.28. The van der Waals surface area contributed by atoms with Gasteiger partial charge in [-0.15, -0.1) is 0 Å². The minimum atomic E-state index is -4.26. The smallest absolute Gasteiger partial charge is 0.350 e. The van der Waals surface area contributed by atoms with Gasteiger partial charge in [0.05, 0.1) is 5.69 Å². The highest BCUT2D eigenvalue weighted by molar-refractivity contribution is 5.95. The summed E-state index contributed by atoms with van der Waals surface area (Å²) in [7, 11) is 1.90. The minimum Gasteiger partial charge on any atom is -0.350 e. The summed E-state index contributed by atoms with van der Waals surface area (Å²) in [5, 5.41) is 4.99. The summed E-state index contributed by atoms with van der Waals surface area (Å²) in [6.45, 7) is -1.07. The average molecular weight is 279 g/mol. The molecular weight excluding hydrogens is 267 g/mol. The van der Waals surface area contributed by atoms with E-state index in [4.69, 9.17) is 0 Å². The molecule has 3 rings (SSSR count). The SMILES string of the molecule is Cn1cc(-c2ccn(CC(F)(F)F)n2)c2ccccc21. The first-order valence-corrected chi connectivity index (χ1v) is 6.09. The molecule has 0 aliphatic rings. The highest BCUT2D eigenvalue weighted by atomic mass is 19.4. The number of aromatic nitrogens is 3. The van der Waals surface area contributed by atoms with Crippen LogP contribution in [0, 0.1) is 0 Å². The molecule has 3 nitrogen and oxygen atoms in total. The maximum Gasteiger partial charge on any atom is 0.408 e. The van der Waals surface area contributed by atoms with E-state index in [1.54, 1.807) is 6.07 Å². The average Bonchev–Trinajstić information content (AvgIpc) is 2.93. The van der Waals surface area contributed by atoms with Gasteiger partial charge in [0.25, 0.3) is 0 Å². The number of hydrogen-bond acceptors (Lipinski definition) is 1. The van der Waals surface area contributed by atoms with E-state index < -0.39 is 12.7 Å². The van der Waals surface area contributed by atoms with Crippen molar-refractivity contribution in [1.82, 2.24) is 14.3 Å². The Hall–Kier alpha value is -2.24. The van der Waals surface area contributed by atoms with Crippen molar-refractivity contribution in [2.45, 2.75) is 12.7 Å². The zero-order valence-electron chi connectivity index (χ0n) is 10.7. The zero-order chi connectivity index (χ0) is 14.3. The van der Waals surface area contributed by atoms with E-state index in [2.05, 4.69) is 5.10 Å². The number of para-hydroxylation sites is 1. The van der Waals surface area contributed by atoms with E-state index in [0.717, 1.165) is 21.1 Å². The van der Waals surface area contributed by atoms with Gasteiger partial charge in [-0.25, -0.2) is 0 Å². The van der Waals surface area contributed by atoms with Gasteiger partial charge in [-0.3, -0.25) is 4.68 Å². The third kappa shape index (κ3) is 2.29. The first-order valence-electron chi connectivity index (χ1n) is 6.09. The molecular formula is C14H12F3N3. The second-order valence-corrected chi connectivity index (χ2v) is 4.68. The largest absolute Gasteiger partial charge is 0.408 e. The molecule has 0 aliphatic heterocycles. The maximum absolute atomic E-state index is 12.3. The number of hydrogen-bond donors (Lipinski definition) is 0. The molecule has 0 spiro atoms. The number of alkyl halides is 3. The molecule has 0 fully saturated rings. The molecule has 2 heterocycles. The number of benzene rings is 1. The molecule has 0 aliphatic carbocycles. The number of rotatable bonds is 2. The predicted molar refractivity (Wildman–Crippen MR) is 70.2 cm³/mol. The second kappa shape index (κ2) is 4.40. The van der Waals surface area contributed by atoms with Gasteiger partial charge in [-0.05, 0) is 12.1 Å². The summed E-state index contributed by atoms with van der Waals surface area (Å²) in [5.41, 5.74) is 2.41. The van der Waals surface area contributed by atoms with E-state index in [9.17, 15) is 13.2 Å². The normalized spacial score (nSPS) is 12.2. The Morgan fingerprint density at radius 3 is 2.65 bits per heavy atom. The molecule has 2 aromatic heterocycles. The third-order valence-electron chi connectivity index (χ3n) is 3.15. The summed E-state index contributed by atoms with van der Waals surface area (Å²) in [6, 6.07) is 9.33. The lowest BCUT2D eigenvalue weighted by Gasteiger charge is -2.05. The fourth-order valence-corrected chi connectivity index (χ4v) is 2.32. The fourth-order valence-electron chi connectivity index (χ4n) is 2.32. The Morgan fingerprint density at radius 1 is 1.15 bits per heavy atom. The molecule has 20 heavy (non-hydrogen) atoms. The lowest BCUT2D eigenvalue weighted by molar-refractivity contribution is -0.142. The topological polar surface area (TPSA) is 22.8 Å². The van der Waals surface area contributed by atoms with Crippen LogP contribution in [0.4, 0.5) is 13.2 Å². The number of aryl methyl sites for hydroxylation is 1. The molecule has 0 radical (unpaired) electrons. The van der Waals surface area contributed by atoms with Gasteiger partial charge in [-0.2, -0.15) is 18.3 Å². The van der Waals surface area contributed by atoms with E-state index in [1.165, 1.54) is 6.20 Å². The van der Waals surface area contributed by atoms with Crippen LogP contribution in [0.1, 0.15) is 0 Å². The molecule has 0 amide bonds. The van der Waals surface area contributed by atoms with E-state index in [0.29, 0.717) is 5.69 Å². The fraction of sp³-hybridized carbons (Fsp3) is 0.214. The predicted octanol–water partition coefficient (Wildman–Crippen LogP) is 3.60. The quantitative estimate of drug-likeness (QED) is 0.702. The van der Waals surface area contributed by atoms with Crippen molar-refractivity contribution in [1.29, 1.82) is 0 Å². The molecule has 0 saturated carbocycles. The molecule has 1 aromatic carbocycles. The van der Waals surface area contributed by atoms with E-state index >= 15 is 0 Å². The van der Waals surface area contributed by atoms with Crippen LogP contribution < -0.4 is 0 Å². The molecule has 0 unspecified atom stereocenters. The lowest BCUT2D eigenvalue weighted by Crippen LogP contribution is -2.17. The van der Waals surface area contributed by atoms with Crippen LogP contribution in [-0.4, -0.2) is 20.5 Å². The summed E-state index contributed by atoms with van der Waals surface area (Å²) in [4.78, 5) is 0. The van der Waals surface area contributed by atoms with Crippen molar-refractivity contribution in [3.63, 3.8) is 0 Å². The van der Waals surface area contributed by atoms with Crippen LogP contribution in [0.25, 0.3) is 22.2 Å². The minimum absolute atomic E-state index is 0.547. The van der Waals surface area contributed by atoms with Gasteiger partial charge in [0.1, 0.15) is 6.54 Å². The van der Waals surface area contributed by atoms with Crippen molar-refractivity contribution in [2.75, 3.05) is 0 Å². The van der Waals surface area contributed by atoms with Gasteiger partial charge >= 0.3 is 6.18 Å². The molecule has 0 atom stereocenters. The molecule has 6 heteroatoms. The first kappa shape index (κ1) is 12.8. The Kier molecular flexibility index (Phi) is 2.81. The van der Waals surface area contributed by atoms with Gasteiger partial charge in [0.2, 0.25) is 0 Å². The van der Waals surface area contributed by atoms with Gasteiger partial charge in [-0.1, -0.05) is 18.2 Å². The monoisotopic (exact) mass is 279 g/mol. The molecule has 0 saturated heterocycles. The molecule has 104 valence electrons. The third-order valence-corrected chi connectivity index (χ3v) is 3.15. The first-order chi connectivity index (χ1) is 9.44. The Balaban J connectivity index is 2.04.